The maximum Gasteiger partial charge on any atom is 0.257 e. The number of hydrazine groups is 1. The highest BCUT2D eigenvalue weighted by Crippen LogP contribution is 2.14. The van der Waals surface area contributed by atoms with Crippen molar-refractivity contribution in [1.29, 1.82) is 0 Å². The third-order valence-electron chi connectivity index (χ3n) is 1.82. The van der Waals surface area contributed by atoms with Gasteiger partial charge in [0.1, 0.15) is 5.75 Å². The van der Waals surface area contributed by atoms with E-state index in [0.717, 1.165) is 11.3 Å². The molecule has 0 bridgehead atoms. The predicted octanol–water partition coefficient (Wildman–Crippen LogP) is 1.48. The predicted molar refractivity (Wildman–Crippen MR) is 63.6 cm³/mol. The van der Waals surface area contributed by atoms with Gasteiger partial charge in [-0.2, -0.15) is 0 Å². The Kier molecular flexibility index (Phi) is 4.54. The second-order valence-corrected chi connectivity index (χ2v) is 3.58. The van der Waals surface area contributed by atoms with Crippen molar-refractivity contribution in [2.45, 2.75) is 20.0 Å². The highest BCUT2D eigenvalue weighted by Gasteiger charge is 1.96. The number of hydrogen-bond donors (Lipinski definition) is 2. The van der Waals surface area contributed by atoms with Gasteiger partial charge in [0.05, 0.1) is 6.10 Å². The molecular formula is C12H16N2O2. The molecule has 3 N–H and O–H groups in total. The quantitative estimate of drug-likeness (QED) is 0.349. The Morgan fingerprint density at radius 1 is 1.38 bits per heavy atom. The average Bonchev–Trinajstić information content (AvgIpc) is 2.27. The van der Waals surface area contributed by atoms with Gasteiger partial charge in [-0.1, -0.05) is 12.1 Å². The molecule has 0 fully saturated rings. The topological polar surface area (TPSA) is 64.3 Å². The minimum Gasteiger partial charge on any atom is -0.491 e. The molecule has 0 radical (unpaired) electrons. The highest BCUT2D eigenvalue weighted by atomic mass is 16.5. The second-order valence-electron chi connectivity index (χ2n) is 3.58. The summed E-state index contributed by atoms with van der Waals surface area (Å²) in [6, 6.07) is 7.47. The van der Waals surface area contributed by atoms with Crippen molar-refractivity contribution in [2.24, 2.45) is 5.84 Å². The van der Waals surface area contributed by atoms with E-state index in [1.165, 1.54) is 6.08 Å². The summed E-state index contributed by atoms with van der Waals surface area (Å²) in [7, 11) is 0. The molecule has 0 aliphatic rings. The molecule has 4 nitrogen and oxygen atoms in total. The van der Waals surface area contributed by atoms with Crippen molar-refractivity contribution < 1.29 is 9.53 Å². The summed E-state index contributed by atoms with van der Waals surface area (Å²) in [5.74, 6) is 5.43. The first-order valence-electron chi connectivity index (χ1n) is 5.07. The summed E-state index contributed by atoms with van der Waals surface area (Å²) in [4.78, 5) is 10.8. The lowest BCUT2D eigenvalue weighted by Gasteiger charge is -2.09. The van der Waals surface area contributed by atoms with Gasteiger partial charge in [0.15, 0.2) is 0 Å². The monoisotopic (exact) mass is 220 g/mol. The van der Waals surface area contributed by atoms with Crippen LogP contribution in [0.25, 0.3) is 6.08 Å². The third-order valence-corrected chi connectivity index (χ3v) is 1.82. The highest BCUT2D eigenvalue weighted by molar-refractivity contribution is 5.91. The minimum atomic E-state index is -0.331. The maximum atomic E-state index is 10.8. The van der Waals surface area contributed by atoms with Crippen LogP contribution in [0.2, 0.25) is 0 Å². The van der Waals surface area contributed by atoms with Crippen molar-refractivity contribution in [1.82, 2.24) is 5.43 Å². The van der Waals surface area contributed by atoms with Crippen LogP contribution in [0.15, 0.2) is 30.3 Å². The van der Waals surface area contributed by atoms with Crippen molar-refractivity contribution in [3.63, 3.8) is 0 Å². The van der Waals surface area contributed by atoms with Crippen LogP contribution >= 0.6 is 0 Å². The maximum absolute atomic E-state index is 10.8. The number of hydrogen-bond acceptors (Lipinski definition) is 3. The molecule has 1 rings (SSSR count). The van der Waals surface area contributed by atoms with Gasteiger partial charge in [0.2, 0.25) is 0 Å². The Morgan fingerprint density at radius 3 is 2.50 bits per heavy atom. The largest absolute Gasteiger partial charge is 0.491 e. The van der Waals surface area contributed by atoms with Gasteiger partial charge in [0, 0.05) is 6.08 Å². The standard InChI is InChI=1S/C12H16N2O2/c1-9(2)16-11-6-3-10(4-7-11)5-8-12(15)14-13/h3-9H,13H2,1-2H3,(H,14,15). The van der Waals surface area contributed by atoms with E-state index < -0.39 is 0 Å². The van der Waals surface area contributed by atoms with Crippen LogP contribution in [-0.4, -0.2) is 12.0 Å². The fourth-order valence-electron chi connectivity index (χ4n) is 1.15. The molecule has 86 valence electrons. The van der Waals surface area contributed by atoms with Gasteiger partial charge in [-0.15, -0.1) is 0 Å². The van der Waals surface area contributed by atoms with Crippen LogP contribution in [0.5, 0.6) is 5.75 Å². The minimum absolute atomic E-state index is 0.157. The zero-order valence-corrected chi connectivity index (χ0v) is 9.44. The number of carbonyl (C=O) groups is 1. The van der Waals surface area contributed by atoms with Gasteiger partial charge in [0.25, 0.3) is 5.91 Å². The summed E-state index contributed by atoms with van der Waals surface area (Å²) in [5, 5.41) is 0. The summed E-state index contributed by atoms with van der Waals surface area (Å²) in [5.41, 5.74) is 2.94. The van der Waals surface area contributed by atoms with Gasteiger partial charge < -0.3 is 4.74 Å². The second kappa shape index (κ2) is 5.92. The lowest BCUT2D eigenvalue weighted by Crippen LogP contribution is -2.27. The Hall–Kier alpha value is -1.81. The van der Waals surface area contributed by atoms with Crippen LogP contribution in [0.1, 0.15) is 19.4 Å². The van der Waals surface area contributed by atoms with Gasteiger partial charge >= 0.3 is 0 Å². The number of rotatable bonds is 4. The van der Waals surface area contributed by atoms with Crippen LogP contribution in [0.4, 0.5) is 0 Å². The Morgan fingerprint density at radius 2 is 2.00 bits per heavy atom. The van der Waals surface area contributed by atoms with Gasteiger partial charge in [-0.05, 0) is 37.6 Å². The Bertz CT molecular complexity index is 369. The molecule has 0 heterocycles. The SMILES string of the molecule is CC(C)Oc1ccc(C=CC(=O)NN)cc1. The molecular weight excluding hydrogens is 204 g/mol. The lowest BCUT2D eigenvalue weighted by atomic mass is 10.2. The molecule has 0 saturated heterocycles. The fraction of sp³-hybridized carbons (Fsp3) is 0.250. The molecule has 1 aromatic carbocycles. The molecule has 0 saturated carbocycles. The van der Waals surface area contributed by atoms with Crippen molar-refractivity contribution in [3.8, 4) is 5.75 Å². The molecule has 0 spiro atoms. The molecule has 1 amide bonds. The van der Waals surface area contributed by atoms with E-state index >= 15 is 0 Å². The van der Waals surface area contributed by atoms with Crippen LogP contribution in [-0.2, 0) is 4.79 Å². The van der Waals surface area contributed by atoms with Crippen LogP contribution < -0.4 is 16.0 Å². The molecule has 1 aromatic rings. The number of carbonyl (C=O) groups excluding carboxylic acids is 1. The number of benzene rings is 1. The van der Waals surface area contributed by atoms with E-state index in [1.54, 1.807) is 6.08 Å². The van der Waals surface area contributed by atoms with Crippen LogP contribution in [0, 0.1) is 0 Å². The normalized spacial score (nSPS) is 10.8. The Balaban J connectivity index is 2.64. The Labute approximate surface area is 95.1 Å². The van der Waals surface area contributed by atoms with E-state index in [-0.39, 0.29) is 12.0 Å². The zero-order chi connectivity index (χ0) is 12.0. The van der Waals surface area contributed by atoms with Gasteiger partial charge in [-0.25, -0.2) is 5.84 Å². The summed E-state index contributed by atoms with van der Waals surface area (Å²) < 4.78 is 5.49. The summed E-state index contributed by atoms with van der Waals surface area (Å²) >= 11 is 0. The van der Waals surface area contributed by atoms with E-state index in [2.05, 4.69) is 0 Å². The third kappa shape index (κ3) is 4.14. The molecule has 16 heavy (non-hydrogen) atoms. The van der Waals surface area contributed by atoms with Crippen LogP contribution in [0.3, 0.4) is 0 Å². The van der Waals surface area contributed by atoms with Crippen molar-refractivity contribution >= 4 is 12.0 Å². The smallest absolute Gasteiger partial charge is 0.257 e. The first kappa shape index (κ1) is 12.3. The molecule has 0 aliphatic heterocycles. The van der Waals surface area contributed by atoms with E-state index in [0.29, 0.717) is 0 Å². The number of amides is 1. The fourth-order valence-corrected chi connectivity index (χ4v) is 1.15. The van der Waals surface area contributed by atoms with Gasteiger partial charge in [-0.3, -0.25) is 10.2 Å². The van der Waals surface area contributed by atoms with Crippen molar-refractivity contribution in [2.75, 3.05) is 0 Å². The molecule has 0 unspecified atom stereocenters. The first-order chi connectivity index (χ1) is 7.61. The first-order valence-corrected chi connectivity index (χ1v) is 5.07. The zero-order valence-electron chi connectivity index (χ0n) is 9.44. The number of nitrogens with one attached hydrogen (secondary N) is 1. The molecule has 4 heteroatoms. The summed E-state index contributed by atoms with van der Waals surface area (Å²) in [6.07, 6.45) is 3.21. The molecule has 0 aromatic heterocycles. The average molecular weight is 220 g/mol. The van der Waals surface area contributed by atoms with E-state index in [9.17, 15) is 4.79 Å². The molecule has 0 atom stereocenters. The lowest BCUT2D eigenvalue weighted by molar-refractivity contribution is -0.116. The van der Waals surface area contributed by atoms with Crippen molar-refractivity contribution in [3.05, 3.63) is 35.9 Å². The number of nitrogens with two attached hydrogens (primary N) is 1. The summed E-state index contributed by atoms with van der Waals surface area (Å²) in [6.45, 7) is 3.94. The van der Waals surface area contributed by atoms with E-state index in [1.807, 2.05) is 43.5 Å². The van der Waals surface area contributed by atoms with E-state index in [4.69, 9.17) is 10.6 Å². The number of ether oxygens (including phenoxy) is 1. The molecule has 0 aliphatic carbocycles.